The third-order valence-electron chi connectivity index (χ3n) is 0.459. The molecule has 2 N–H and O–H groups in total. The molecule has 2 heteroatoms. The lowest BCUT2D eigenvalue weighted by Crippen LogP contribution is -1.98. The average Bonchev–Trinajstić information content (AvgIpc) is 1.65. The molecule has 6 heavy (non-hydrogen) atoms. The highest BCUT2D eigenvalue weighted by atomic mass is 14.7. The molecule has 0 aliphatic carbocycles. The average molecular weight is 84.1 g/mol. The minimum absolute atomic E-state index is 0.406. The number of nitrogens with zero attached hydrogens (tertiary/aromatic N) is 1. The van der Waals surface area contributed by atoms with Crippen LogP contribution in [-0.4, -0.2) is 13.3 Å². The summed E-state index contributed by atoms with van der Waals surface area (Å²) in [6.45, 7) is 7.05. The molecule has 0 amide bonds. The van der Waals surface area contributed by atoms with Crippen LogP contribution in [0.5, 0.6) is 0 Å². The van der Waals surface area contributed by atoms with Gasteiger partial charge in [-0.3, -0.25) is 4.99 Å². The second kappa shape index (κ2) is 2.60. The number of aliphatic imine (C=N–C) groups is 1. The zero-order chi connectivity index (χ0) is 4.99. The van der Waals surface area contributed by atoms with Gasteiger partial charge in [0.25, 0.3) is 0 Å². The van der Waals surface area contributed by atoms with Gasteiger partial charge in [-0.2, -0.15) is 0 Å². The molecule has 0 heterocycles. The third kappa shape index (κ3) is 1.67. The second-order valence-corrected chi connectivity index (χ2v) is 0.928. The van der Waals surface area contributed by atoms with Crippen LogP contribution in [0.2, 0.25) is 0 Å². The molecule has 0 saturated heterocycles. The molecular formula is C4H8N2. The summed E-state index contributed by atoms with van der Waals surface area (Å²) >= 11 is 0. The van der Waals surface area contributed by atoms with Crippen LogP contribution in [0.4, 0.5) is 0 Å². The molecule has 2 nitrogen and oxygen atoms in total. The van der Waals surface area contributed by atoms with Crippen LogP contribution in [0.1, 0.15) is 0 Å². The monoisotopic (exact) mass is 84.1 g/mol. The van der Waals surface area contributed by atoms with Crippen molar-refractivity contribution in [3.8, 4) is 0 Å². The van der Waals surface area contributed by atoms with Gasteiger partial charge >= 0.3 is 0 Å². The molecule has 0 radical (unpaired) electrons. The molecule has 0 bridgehead atoms. The summed E-state index contributed by atoms with van der Waals surface area (Å²) in [6, 6.07) is 0. The van der Waals surface area contributed by atoms with E-state index in [9.17, 15) is 0 Å². The van der Waals surface area contributed by atoms with Crippen molar-refractivity contribution in [2.75, 3.05) is 6.54 Å². The first-order chi connectivity index (χ1) is 2.81. The summed E-state index contributed by atoms with van der Waals surface area (Å²) in [7, 11) is 0. The van der Waals surface area contributed by atoms with Crippen molar-refractivity contribution in [1.82, 2.24) is 0 Å². The second-order valence-electron chi connectivity index (χ2n) is 0.928. The summed E-state index contributed by atoms with van der Waals surface area (Å²) in [5.74, 6) is 0. The molecule has 0 aliphatic heterocycles. The lowest BCUT2D eigenvalue weighted by molar-refractivity contribution is 1.12. The van der Waals surface area contributed by atoms with E-state index in [1.807, 2.05) is 0 Å². The molecule has 0 atom stereocenters. The Kier molecular flexibility index (Phi) is 2.33. The predicted octanol–water partition coefficient (Wildman–Crippen LogP) is 0.159. The summed E-state index contributed by atoms with van der Waals surface area (Å²) in [5, 5.41) is 0. The number of hydrogen-bond acceptors (Lipinski definition) is 2. The lowest BCUT2D eigenvalue weighted by atomic mass is 10.5. The third-order valence-corrected chi connectivity index (χ3v) is 0.459. The first-order valence-electron chi connectivity index (χ1n) is 1.66. The van der Waals surface area contributed by atoms with Gasteiger partial charge in [0.2, 0.25) is 0 Å². The van der Waals surface area contributed by atoms with Crippen LogP contribution < -0.4 is 5.73 Å². The van der Waals surface area contributed by atoms with Gasteiger partial charge in [-0.1, -0.05) is 6.58 Å². The maximum atomic E-state index is 5.05. The number of rotatable bonds is 2. The fraction of sp³-hybridized carbons (Fsp3) is 0.250. The van der Waals surface area contributed by atoms with E-state index >= 15 is 0 Å². The van der Waals surface area contributed by atoms with E-state index in [0.29, 0.717) is 12.2 Å². The van der Waals surface area contributed by atoms with Gasteiger partial charge in [-0.05, 0) is 6.72 Å². The Morgan fingerprint density at radius 2 is 2.33 bits per heavy atom. The highest BCUT2D eigenvalue weighted by Crippen LogP contribution is 1.80. The molecule has 0 aromatic carbocycles. The van der Waals surface area contributed by atoms with Gasteiger partial charge in [-0.15, -0.1) is 0 Å². The molecule has 34 valence electrons. The normalized spacial score (nSPS) is 7.50. The number of nitrogens with two attached hydrogens (primary N) is 1. The Morgan fingerprint density at radius 3 is 2.33 bits per heavy atom. The topological polar surface area (TPSA) is 38.4 Å². The van der Waals surface area contributed by atoms with E-state index in [2.05, 4.69) is 18.3 Å². The van der Waals surface area contributed by atoms with Crippen molar-refractivity contribution in [3.05, 3.63) is 12.3 Å². The van der Waals surface area contributed by atoms with Crippen LogP contribution in [0, 0.1) is 0 Å². The molecule has 0 saturated carbocycles. The quantitative estimate of drug-likeness (QED) is 0.475. The first-order valence-corrected chi connectivity index (χ1v) is 1.66. The van der Waals surface area contributed by atoms with Crippen molar-refractivity contribution in [2.24, 2.45) is 10.7 Å². The smallest absolute Gasteiger partial charge is 0.0460 e. The fourth-order valence-electron chi connectivity index (χ4n) is 0.0645. The fourth-order valence-corrected chi connectivity index (χ4v) is 0.0645. The van der Waals surface area contributed by atoms with E-state index in [0.717, 1.165) is 0 Å². The van der Waals surface area contributed by atoms with Crippen molar-refractivity contribution >= 4 is 6.72 Å². The molecule has 0 rings (SSSR count). The van der Waals surface area contributed by atoms with Gasteiger partial charge in [0, 0.05) is 12.2 Å². The maximum absolute atomic E-state index is 5.05. The van der Waals surface area contributed by atoms with Crippen molar-refractivity contribution in [1.29, 1.82) is 0 Å². The van der Waals surface area contributed by atoms with E-state index < -0.39 is 0 Å². The summed E-state index contributed by atoms with van der Waals surface area (Å²) in [4.78, 5) is 3.44. The molecule has 0 spiro atoms. The Labute approximate surface area is 37.4 Å². The highest BCUT2D eigenvalue weighted by molar-refractivity contribution is 5.28. The van der Waals surface area contributed by atoms with Gasteiger partial charge in [0.15, 0.2) is 0 Å². The molecular weight excluding hydrogens is 76.1 g/mol. The zero-order valence-corrected chi connectivity index (χ0v) is 3.65. The zero-order valence-electron chi connectivity index (χ0n) is 3.65. The molecule has 0 unspecified atom stereocenters. The molecule has 0 aromatic heterocycles. The van der Waals surface area contributed by atoms with Crippen LogP contribution in [0.3, 0.4) is 0 Å². The van der Waals surface area contributed by atoms with Crippen molar-refractivity contribution in [2.45, 2.75) is 0 Å². The SMILES string of the molecule is C=NC(=C)CN. The first kappa shape index (κ1) is 5.37. The van der Waals surface area contributed by atoms with E-state index in [-0.39, 0.29) is 0 Å². The molecule has 0 aliphatic rings. The number of hydrogen-bond donors (Lipinski definition) is 1. The van der Waals surface area contributed by atoms with Gasteiger partial charge in [0.1, 0.15) is 0 Å². The van der Waals surface area contributed by atoms with Gasteiger partial charge < -0.3 is 5.73 Å². The minimum Gasteiger partial charge on any atom is -0.325 e. The highest BCUT2D eigenvalue weighted by Gasteiger charge is 1.73. The van der Waals surface area contributed by atoms with Crippen molar-refractivity contribution < 1.29 is 0 Å². The van der Waals surface area contributed by atoms with Crippen LogP contribution in [0.25, 0.3) is 0 Å². The van der Waals surface area contributed by atoms with Crippen LogP contribution in [-0.2, 0) is 0 Å². The Hall–Kier alpha value is -0.630. The minimum atomic E-state index is 0.406. The summed E-state index contributed by atoms with van der Waals surface area (Å²) in [5.41, 5.74) is 5.68. The van der Waals surface area contributed by atoms with Crippen molar-refractivity contribution in [3.63, 3.8) is 0 Å². The lowest BCUT2D eigenvalue weighted by Gasteiger charge is -1.84. The van der Waals surface area contributed by atoms with E-state index in [1.54, 1.807) is 0 Å². The predicted molar refractivity (Wildman–Crippen MR) is 27.7 cm³/mol. The van der Waals surface area contributed by atoms with Crippen LogP contribution in [0.15, 0.2) is 17.3 Å². The molecule has 0 fully saturated rings. The Balaban J connectivity index is 3.23. The standard InChI is InChI=1S/C4H8N2/c1-4(3-5)6-2/h1-3,5H2. The largest absolute Gasteiger partial charge is 0.325 e. The maximum Gasteiger partial charge on any atom is 0.0460 e. The van der Waals surface area contributed by atoms with Gasteiger partial charge in [0.05, 0.1) is 0 Å². The summed E-state index contributed by atoms with van der Waals surface area (Å²) < 4.78 is 0. The Morgan fingerprint density at radius 1 is 1.83 bits per heavy atom. The van der Waals surface area contributed by atoms with E-state index in [4.69, 9.17) is 5.73 Å². The Bertz CT molecular complexity index is 65.9. The van der Waals surface area contributed by atoms with Gasteiger partial charge in [-0.25, -0.2) is 0 Å². The van der Waals surface area contributed by atoms with E-state index in [1.165, 1.54) is 0 Å². The van der Waals surface area contributed by atoms with Crippen LogP contribution >= 0.6 is 0 Å². The summed E-state index contributed by atoms with van der Waals surface area (Å²) in [6.07, 6.45) is 0. The molecule has 0 aromatic rings.